The highest BCUT2D eigenvalue weighted by Gasteiger charge is 2.43. The van der Waals surface area contributed by atoms with Crippen LogP contribution in [0.4, 0.5) is 13.2 Å². The van der Waals surface area contributed by atoms with Gasteiger partial charge in [0.05, 0.1) is 37.1 Å². The Kier molecular flexibility index (Phi) is 3.73. The summed E-state index contributed by atoms with van der Waals surface area (Å²) in [7, 11) is 0. The van der Waals surface area contributed by atoms with Crippen LogP contribution in [0.1, 0.15) is 28.9 Å². The van der Waals surface area contributed by atoms with E-state index < -0.39 is 11.7 Å². The summed E-state index contributed by atoms with van der Waals surface area (Å²) < 4.78 is 52.4. The number of hydrogen-bond donors (Lipinski definition) is 1. The summed E-state index contributed by atoms with van der Waals surface area (Å²) in [5.41, 5.74) is -0.235. The average Bonchev–Trinajstić information content (AvgIpc) is 3.38. The zero-order chi connectivity index (χ0) is 19.5. The van der Waals surface area contributed by atoms with Gasteiger partial charge in [-0.3, -0.25) is 4.79 Å². The van der Waals surface area contributed by atoms with Gasteiger partial charge in [-0.15, -0.1) is 0 Å². The zero-order valence-electron chi connectivity index (χ0n) is 14.6. The molecule has 7 nitrogen and oxygen atoms in total. The molecule has 0 spiro atoms. The van der Waals surface area contributed by atoms with Crippen molar-refractivity contribution in [3.8, 4) is 11.3 Å². The Morgan fingerprint density at radius 2 is 2.04 bits per heavy atom. The van der Waals surface area contributed by atoms with Crippen LogP contribution in [0.5, 0.6) is 0 Å². The first-order chi connectivity index (χ1) is 13.4. The van der Waals surface area contributed by atoms with E-state index in [4.69, 9.17) is 9.15 Å². The van der Waals surface area contributed by atoms with Crippen molar-refractivity contribution in [1.29, 1.82) is 0 Å². The lowest BCUT2D eigenvalue weighted by Crippen LogP contribution is -2.51. The number of nitrogens with zero attached hydrogens (tertiary/aromatic N) is 3. The van der Waals surface area contributed by atoms with Gasteiger partial charge in [-0.05, 0) is 18.9 Å². The first-order valence-electron chi connectivity index (χ1n) is 8.87. The molecule has 0 saturated carbocycles. The number of pyridine rings is 1. The lowest BCUT2D eigenvalue weighted by atomic mass is 10.1. The molecule has 2 fully saturated rings. The van der Waals surface area contributed by atoms with E-state index in [9.17, 15) is 18.0 Å². The number of H-pyrrole nitrogens is 1. The third kappa shape index (κ3) is 2.59. The van der Waals surface area contributed by atoms with Gasteiger partial charge in [-0.2, -0.15) is 17.6 Å². The van der Waals surface area contributed by atoms with Crippen molar-refractivity contribution < 1.29 is 31.5 Å². The third-order valence-electron chi connectivity index (χ3n) is 5.39. The SMILES string of the molecule is O=C(c1c[nH]c2c(-c3cnco3)cc(C(F)(F)F)c[n+]12)N1[C@@H]2CC[C@H]1COC2. The van der Waals surface area contributed by atoms with E-state index in [1.54, 1.807) is 4.90 Å². The van der Waals surface area contributed by atoms with Gasteiger partial charge < -0.3 is 14.1 Å². The number of alkyl halides is 3. The van der Waals surface area contributed by atoms with Gasteiger partial charge in [0, 0.05) is 0 Å². The van der Waals surface area contributed by atoms with Gasteiger partial charge in [0.25, 0.3) is 11.6 Å². The van der Waals surface area contributed by atoms with Crippen molar-refractivity contribution in [3.05, 3.63) is 42.3 Å². The average molecular weight is 393 g/mol. The number of imidazole rings is 1. The number of nitrogens with one attached hydrogen (secondary N) is 1. The van der Waals surface area contributed by atoms with Crippen molar-refractivity contribution >= 4 is 11.6 Å². The summed E-state index contributed by atoms with van der Waals surface area (Å²) >= 11 is 0. The Hall–Kier alpha value is -2.88. The molecule has 0 aliphatic carbocycles. The highest BCUT2D eigenvalue weighted by molar-refractivity contribution is 5.92. The fraction of sp³-hybridized carbons (Fsp3) is 0.389. The number of oxazole rings is 1. The van der Waals surface area contributed by atoms with Crippen molar-refractivity contribution in [2.75, 3.05) is 13.2 Å². The van der Waals surface area contributed by atoms with Crippen LogP contribution < -0.4 is 4.40 Å². The molecule has 0 aromatic carbocycles. The Bertz CT molecular complexity index is 1030. The van der Waals surface area contributed by atoms with Crippen LogP contribution in [0.3, 0.4) is 0 Å². The lowest BCUT2D eigenvalue weighted by Gasteiger charge is -2.33. The fourth-order valence-corrected chi connectivity index (χ4v) is 4.09. The second kappa shape index (κ2) is 6.06. The molecule has 2 saturated heterocycles. The van der Waals surface area contributed by atoms with Crippen LogP contribution in [0.2, 0.25) is 0 Å². The minimum atomic E-state index is -4.58. The number of rotatable bonds is 2. The molecule has 3 aromatic heterocycles. The maximum absolute atomic E-state index is 13.5. The Balaban J connectivity index is 1.67. The Morgan fingerprint density at radius 1 is 1.29 bits per heavy atom. The quantitative estimate of drug-likeness (QED) is 0.679. The molecule has 5 rings (SSSR count). The molecule has 5 heterocycles. The summed E-state index contributed by atoms with van der Waals surface area (Å²) in [6.07, 6.45) is 1.94. The number of aromatic nitrogens is 3. The molecule has 2 aliphatic heterocycles. The fourth-order valence-electron chi connectivity index (χ4n) is 4.09. The molecular formula is C18H16F3N4O3+. The first-order valence-corrected chi connectivity index (χ1v) is 8.87. The van der Waals surface area contributed by atoms with Crippen molar-refractivity contribution in [2.45, 2.75) is 31.1 Å². The van der Waals surface area contributed by atoms with Crippen LogP contribution in [0.25, 0.3) is 17.0 Å². The number of hydrogen-bond acceptors (Lipinski definition) is 4. The van der Waals surface area contributed by atoms with E-state index in [-0.39, 0.29) is 35.0 Å². The molecule has 28 heavy (non-hydrogen) atoms. The number of carbonyl (C=O) groups is 1. The maximum Gasteiger partial charge on any atom is 0.419 e. The number of halogens is 3. The topological polar surface area (TPSA) is 75.5 Å². The summed E-state index contributed by atoms with van der Waals surface area (Å²) in [5.74, 6) is -0.134. The molecular weight excluding hydrogens is 377 g/mol. The molecule has 2 bridgehead atoms. The van der Waals surface area contributed by atoms with Gasteiger partial charge in [0.2, 0.25) is 5.69 Å². The minimum absolute atomic E-state index is 0.0451. The third-order valence-corrected chi connectivity index (χ3v) is 5.39. The van der Waals surface area contributed by atoms with Gasteiger partial charge in [-0.25, -0.2) is 9.97 Å². The highest BCUT2D eigenvalue weighted by Crippen LogP contribution is 2.34. The van der Waals surface area contributed by atoms with Crippen LogP contribution in [-0.4, -0.2) is 46.1 Å². The maximum atomic E-state index is 13.5. The molecule has 0 unspecified atom stereocenters. The van der Waals surface area contributed by atoms with Crippen LogP contribution >= 0.6 is 0 Å². The van der Waals surface area contributed by atoms with Crippen molar-refractivity contribution in [3.63, 3.8) is 0 Å². The number of fused-ring (bicyclic) bond motifs is 3. The minimum Gasteiger partial charge on any atom is -0.443 e. The molecule has 146 valence electrons. The highest BCUT2D eigenvalue weighted by atomic mass is 19.4. The summed E-state index contributed by atoms with van der Waals surface area (Å²) in [6.45, 7) is 0.902. The lowest BCUT2D eigenvalue weighted by molar-refractivity contribution is -0.514. The normalized spacial score (nSPS) is 22.2. The number of ether oxygens (including phenoxy) is 1. The number of morpholine rings is 1. The second-order valence-electron chi connectivity index (χ2n) is 7.03. The molecule has 10 heteroatoms. The van der Waals surface area contributed by atoms with Crippen molar-refractivity contribution in [2.24, 2.45) is 0 Å². The molecule has 1 N–H and O–H groups in total. The predicted molar refractivity (Wildman–Crippen MR) is 88.3 cm³/mol. The van der Waals surface area contributed by atoms with Crippen molar-refractivity contribution in [1.82, 2.24) is 14.9 Å². The number of carbonyl (C=O) groups excluding carboxylic acids is 1. The molecule has 1 amide bonds. The smallest absolute Gasteiger partial charge is 0.419 e. The summed E-state index contributed by atoms with van der Waals surface area (Å²) in [6, 6.07) is 0.895. The van der Waals surface area contributed by atoms with Gasteiger partial charge in [0.1, 0.15) is 18.0 Å². The van der Waals surface area contributed by atoms with Gasteiger partial charge >= 0.3 is 6.18 Å². The second-order valence-corrected chi connectivity index (χ2v) is 7.03. The Morgan fingerprint density at radius 3 is 2.68 bits per heavy atom. The van der Waals surface area contributed by atoms with Gasteiger partial charge in [-0.1, -0.05) is 0 Å². The molecule has 2 atom stereocenters. The van der Waals surface area contributed by atoms with E-state index >= 15 is 0 Å². The van der Waals surface area contributed by atoms with Crippen LogP contribution in [-0.2, 0) is 10.9 Å². The van der Waals surface area contributed by atoms with E-state index in [0.29, 0.717) is 18.9 Å². The first kappa shape index (κ1) is 17.2. The summed E-state index contributed by atoms with van der Waals surface area (Å²) in [4.78, 5) is 21.7. The molecule has 0 radical (unpaired) electrons. The summed E-state index contributed by atoms with van der Waals surface area (Å²) in [5, 5.41) is 0. The largest absolute Gasteiger partial charge is 0.443 e. The van der Waals surface area contributed by atoms with Crippen LogP contribution in [0, 0.1) is 0 Å². The molecule has 3 aromatic rings. The standard InChI is InChI=1S/C18H15F3N4O3/c19-18(20,21)10-3-13(15-5-22-9-28-15)16-23-4-14(24(16)6-10)17(26)25-11-1-2-12(25)8-27-7-11/h3-6,9,11-12H,1-2,7-8H2/p+1/t11-,12+. The van der Waals surface area contributed by atoms with E-state index in [2.05, 4.69) is 9.97 Å². The molecule has 2 aliphatic rings. The van der Waals surface area contributed by atoms with Crippen LogP contribution in [0.15, 0.2) is 35.5 Å². The van der Waals surface area contributed by atoms with E-state index in [1.165, 1.54) is 16.8 Å². The Labute approximate surface area is 156 Å². The monoisotopic (exact) mass is 393 g/mol. The van der Waals surface area contributed by atoms with E-state index in [0.717, 1.165) is 31.5 Å². The number of aromatic amines is 1. The van der Waals surface area contributed by atoms with Gasteiger partial charge in [0.15, 0.2) is 12.2 Å². The predicted octanol–water partition coefficient (Wildman–Crippen LogP) is 2.43. The zero-order valence-corrected chi connectivity index (χ0v) is 14.6. The number of amides is 1. The van der Waals surface area contributed by atoms with E-state index in [1.807, 2.05) is 0 Å².